The molecule has 0 aliphatic carbocycles. The van der Waals surface area contributed by atoms with Crippen molar-refractivity contribution >= 4 is 6.09 Å². The molecule has 2 heterocycles. The van der Waals surface area contributed by atoms with Gasteiger partial charge in [-0.1, -0.05) is 0 Å². The van der Waals surface area contributed by atoms with Crippen molar-refractivity contribution in [3.8, 4) is 0 Å². The Kier molecular flexibility index (Phi) is 2.20. The van der Waals surface area contributed by atoms with Crippen LogP contribution in [0.2, 0.25) is 0 Å². The molecule has 1 atom stereocenters. The van der Waals surface area contributed by atoms with Gasteiger partial charge in [-0.3, -0.25) is 0 Å². The maximum absolute atomic E-state index is 11.5. The number of hydrogen-bond acceptors (Lipinski definition) is 4. The SMILES string of the molecule is CC(C)(C)OC(=O)N1CC2(C1)OC2CO. The standard InChI is InChI=1S/C10H17NO4/c1-9(2,3)15-8(13)11-5-10(6-11)7(4-12)14-10/h7,12H,4-6H2,1-3H3. The number of rotatable bonds is 1. The van der Waals surface area contributed by atoms with E-state index < -0.39 is 5.60 Å². The number of carbonyl (C=O) groups excluding carboxylic acids is 1. The molecule has 1 amide bonds. The Morgan fingerprint density at radius 2 is 2.20 bits per heavy atom. The lowest BCUT2D eigenvalue weighted by molar-refractivity contribution is -0.00910. The summed E-state index contributed by atoms with van der Waals surface area (Å²) in [5.74, 6) is 0. The van der Waals surface area contributed by atoms with Crippen molar-refractivity contribution in [1.82, 2.24) is 4.90 Å². The lowest BCUT2D eigenvalue weighted by Crippen LogP contribution is -2.58. The second-order valence-corrected chi connectivity index (χ2v) is 5.19. The molecule has 0 aromatic heterocycles. The van der Waals surface area contributed by atoms with Crippen LogP contribution in [0.25, 0.3) is 0 Å². The van der Waals surface area contributed by atoms with Gasteiger partial charge < -0.3 is 19.5 Å². The van der Waals surface area contributed by atoms with Crippen LogP contribution in [0.4, 0.5) is 4.79 Å². The molecule has 2 fully saturated rings. The van der Waals surface area contributed by atoms with Crippen molar-refractivity contribution in [2.75, 3.05) is 19.7 Å². The van der Waals surface area contributed by atoms with Crippen LogP contribution in [0.5, 0.6) is 0 Å². The monoisotopic (exact) mass is 215 g/mol. The number of epoxide rings is 1. The molecule has 5 nitrogen and oxygen atoms in total. The number of aliphatic hydroxyl groups is 1. The van der Waals surface area contributed by atoms with Crippen molar-refractivity contribution in [3.63, 3.8) is 0 Å². The molecule has 15 heavy (non-hydrogen) atoms. The second kappa shape index (κ2) is 3.09. The molecule has 2 aliphatic rings. The van der Waals surface area contributed by atoms with E-state index in [0.717, 1.165) is 0 Å². The van der Waals surface area contributed by atoms with E-state index >= 15 is 0 Å². The highest BCUT2D eigenvalue weighted by atomic mass is 16.6. The van der Waals surface area contributed by atoms with Gasteiger partial charge in [0.15, 0.2) is 0 Å². The topological polar surface area (TPSA) is 62.3 Å². The van der Waals surface area contributed by atoms with Crippen LogP contribution in [-0.2, 0) is 9.47 Å². The second-order valence-electron chi connectivity index (χ2n) is 5.19. The number of aliphatic hydroxyl groups excluding tert-OH is 1. The average Bonchev–Trinajstić information content (AvgIpc) is 2.71. The molecule has 0 radical (unpaired) electrons. The molecule has 1 N–H and O–H groups in total. The van der Waals surface area contributed by atoms with Crippen molar-refractivity contribution in [2.24, 2.45) is 0 Å². The summed E-state index contributed by atoms with van der Waals surface area (Å²) in [4.78, 5) is 13.1. The Bertz CT molecular complexity index is 278. The van der Waals surface area contributed by atoms with E-state index in [2.05, 4.69) is 0 Å². The zero-order valence-electron chi connectivity index (χ0n) is 9.32. The first-order chi connectivity index (χ1) is 6.86. The molecular weight excluding hydrogens is 198 g/mol. The summed E-state index contributed by atoms with van der Waals surface area (Å²) in [5.41, 5.74) is -0.716. The minimum atomic E-state index is -0.458. The maximum atomic E-state index is 11.5. The number of ether oxygens (including phenoxy) is 2. The van der Waals surface area contributed by atoms with Gasteiger partial charge in [-0.2, -0.15) is 0 Å². The predicted octanol–water partition coefficient (Wildman–Crippen LogP) is 0.367. The molecule has 5 heteroatoms. The number of carbonyl (C=O) groups is 1. The third-order valence-electron chi connectivity index (χ3n) is 2.64. The summed E-state index contributed by atoms with van der Waals surface area (Å²) in [6.45, 7) is 6.61. The van der Waals surface area contributed by atoms with Crippen molar-refractivity contribution in [2.45, 2.75) is 38.1 Å². The summed E-state index contributed by atoms with van der Waals surface area (Å²) < 4.78 is 10.5. The smallest absolute Gasteiger partial charge is 0.410 e. The molecule has 0 bridgehead atoms. The van der Waals surface area contributed by atoms with Gasteiger partial charge in [0.2, 0.25) is 0 Å². The summed E-state index contributed by atoms with van der Waals surface area (Å²) in [7, 11) is 0. The van der Waals surface area contributed by atoms with E-state index in [-0.39, 0.29) is 24.4 Å². The Labute approximate surface area is 89.0 Å². The van der Waals surface area contributed by atoms with Crippen LogP contribution >= 0.6 is 0 Å². The van der Waals surface area contributed by atoms with E-state index in [4.69, 9.17) is 14.6 Å². The molecule has 0 aromatic rings. The first-order valence-electron chi connectivity index (χ1n) is 5.13. The fourth-order valence-corrected chi connectivity index (χ4v) is 1.79. The minimum absolute atomic E-state index is 0.0299. The first kappa shape index (κ1) is 10.7. The molecule has 2 aliphatic heterocycles. The fraction of sp³-hybridized carbons (Fsp3) is 0.900. The van der Waals surface area contributed by atoms with E-state index in [1.165, 1.54) is 0 Å². The van der Waals surface area contributed by atoms with Gasteiger partial charge in [0.25, 0.3) is 0 Å². The Morgan fingerprint density at radius 3 is 2.60 bits per heavy atom. The Morgan fingerprint density at radius 1 is 1.60 bits per heavy atom. The van der Waals surface area contributed by atoms with Gasteiger partial charge >= 0.3 is 6.09 Å². The molecule has 86 valence electrons. The quantitative estimate of drug-likeness (QED) is 0.642. The average molecular weight is 215 g/mol. The molecular formula is C10H17NO4. The molecule has 1 unspecified atom stereocenters. The van der Waals surface area contributed by atoms with Crippen LogP contribution in [0.3, 0.4) is 0 Å². The molecule has 0 saturated carbocycles. The van der Waals surface area contributed by atoms with Gasteiger partial charge in [0.05, 0.1) is 19.7 Å². The number of nitrogens with zero attached hydrogens (tertiary/aromatic N) is 1. The van der Waals surface area contributed by atoms with Crippen LogP contribution in [-0.4, -0.2) is 53.1 Å². The van der Waals surface area contributed by atoms with Crippen LogP contribution in [0.15, 0.2) is 0 Å². The van der Waals surface area contributed by atoms with E-state index in [1.807, 2.05) is 20.8 Å². The van der Waals surface area contributed by atoms with Crippen molar-refractivity contribution in [1.29, 1.82) is 0 Å². The molecule has 0 aromatic carbocycles. The van der Waals surface area contributed by atoms with Gasteiger partial charge in [-0.05, 0) is 20.8 Å². The lowest BCUT2D eigenvalue weighted by Gasteiger charge is -2.38. The Balaban J connectivity index is 1.78. The van der Waals surface area contributed by atoms with E-state index in [0.29, 0.717) is 13.1 Å². The maximum Gasteiger partial charge on any atom is 0.410 e. The molecule has 2 saturated heterocycles. The fourth-order valence-electron chi connectivity index (χ4n) is 1.79. The van der Waals surface area contributed by atoms with Crippen LogP contribution < -0.4 is 0 Å². The minimum Gasteiger partial charge on any atom is -0.444 e. The highest BCUT2D eigenvalue weighted by Crippen LogP contribution is 2.44. The summed E-state index contributed by atoms with van der Waals surface area (Å²) in [6.07, 6.45) is -0.392. The highest BCUT2D eigenvalue weighted by molar-refractivity contribution is 5.70. The third kappa shape index (κ3) is 1.94. The predicted molar refractivity (Wildman–Crippen MR) is 52.5 cm³/mol. The van der Waals surface area contributed by atoms with Gasteiger partial charge in [0.1, 0.15) is 17.3 Å². The normalized spacial score (nSPS) is 27.5. The number of amides is 1. The van der Waals surface area contributed by atoms with Crippen LogP contribution in [0.1, 0.15) is 20.8 Å². The molecule has 1 spiro atoms. The number of likely N-dealkylation sites (tertiary alicyclic amines) is 1. The Hall–Kier alpha value is -0.810. The van der Waals surface area contributed by atoms with Crippen LogP contribution in [0, 0.1) is 0 Å². The first-order valence-corrected chi connectivity index (χ1v) is 5.13. The summed E-state index contributed by atoms with van der Waals surface area (Å²) in [6, 6.07) is 0. The number of hydrogen-bond donors (Lipinski definition) is 1. The highest BCUT2D eigenvalue weighted by Gasteiger charge is 2.65. The zero-order chi connectivity index (χ0) is 11.3. The van der Waals surface area contributed by atoms with Crippen molar-refractivity contribution in [3.05, 3.63) is 0 Å². The van der Waals surface area contributed by atoms with Gasteiger partial charge in [-0.25, -0.2) is 4.79 Å². The zero-order valence-corrected chi connectivity index (χ0v) is 9.32. The van der Waals surface area contributed by atoms with Gasteiger partial charge in [0, 0.05) is 0 Å². The summed E-state index contributed by atoms with van der Waals surface area (Å²) in [5, 5.41) is 8.86. The summed E-state index contributed by atoms with van der Waals surface area (Å²) >= 11 is 0. The lowest BCUT2D eigenvalue weighted by atomic mass is 9.97. The van der Waals surface area contributed by atoms with Crippen molar-refractivity contribution < 1.29 is 19.4 Å². The van der Waals surface area contributed by atoms with E-state index in [9.17, 15) is 4.79 Å². The largest absolute Gasteiger partial charge is 0.444 e. The van der Waals surface area contributed by atoms with Gasteiger partial charge in [-0.15, -0.1) is 0 Å². The van der Waals surface area contributed by atoms with E-state index in [1.54, 1.807) is 4.90 Å². The third-order valence-corrected chi connectivity index (χ3v) is 2.64. The molecule has 2 rings (SSSR count).